The minimum absolute atomic E-state index is 0.0108. The van der Waals surface area contributed by atoms with E-state index in [0.29, 0.717) is 16.4 Å². The minimum Gasteiger partial charge on any atom is -0.507 e. The van der Waals surface area contributed by atoms with Crippen LogP contribution in [0.1, 0.15) is 27.0 Å². The van der Waals surface area contributed by atoms with Crippen LogP contribution in [-0.4, -0.2) is 16.0 Å². The Morgan fingerprint density at radius 3 is 2.42 bits per heavy atom. The van der Waals surface area contributed by atoms with Gasteiger partial charge in [-0.1, -0.05) is 23.8 Å². The first-order valence-electron chi connectivity index (χ1n) is 5.84. The summed E-state index contributed by atoms with van der Waals surface area (Å²) in [5.74, 6) is -0.438. The van der Waals surface area contributed by atoms with Crippen LogP contribution in [0.5, 0.6) is 11.5 Å². The number of carbonyl (C=O) groups is 1. The van der Waals surface area contributed by atoms with E-state index in [1.807, 2.05) is 13.0 Å². The molecule has 0 spiro atoms. The lowest BCUT2D eigenvalue weighted by Gasteiger charge is -2.11. The van der Waals surface area contributed by atoms with Crippen molar-refractivity contribution in [1.82, 2.24) is 0 Å². The monoisotopic (exact) mass is 274 g/mol. The Hall–Kier alpha value is -1.86. The Kier molecular flexibility index (Phi) is 3.59. The first kappa shape index (κ1) is 13.6. The van der Waals surface area contributed by atoms with Gasteiger partial charge < -0.3 is 10.2 Å². The molecule has 0 aliphatic rings. The molecule has 2 aromatic carbocycles. The fourth-order valence-corrected chi connectivity index (χ4v) is 2.32. The predicted octanol–water partition coefficient (Wildman–Crippen LogP) is 2.45. The minimum atomic E-state index is -0.256. The molecule has 0 radical (unpaired) electrons. The summed E-state index contributed by atoms with van der Waals surface area (Å²) >= 11 is 0. The predicted molar refractivity (Wildman–Crippen MR) is 78.5 cm³/mol. The van der Waals surface area contributed by atoms with Gasteiger partial charge >= 0.3 is 0 Å². The van der Waals surface area contributed by atoms with Crippen LogP contribution in [0.15, 0.2) is 30.3 Å². The van der Waals surface area contributed by atoms with Crippen LogP contribution in [0.25, 0.3) is 0 Å². The van der Waals surface area contributed by atoms with Crippen molar-refractivity contribution in [2.45, 2.75) is 13.8 Å². The van der Waals surface area contributed by atoms with Crippen molar-refractivity contribution in [1.29, 1.82) is 0 Å². The number of hydrogen-bond acceptors (Lipinski definition) is 3. The molecule has 0 heterocycles. The summed E-state index contributed by atoms with van der Waals surface area (Å²) in [6.45, 7) is 3.48. The fourth-order valence-electron chi connectivity index (χ4n) is 1.94. The summed E-state index contributed by atoms with van der Waals surface area (Å²) in [4.78, 5) is 12.4. The molecule has 0 fully saturated rings. The van der Waals surface area contributed by atoms with E-state index < -0.39 is 0 Å². The third kappa shape index (κ3) is 2.47. The highest BCUT2D eigenvalue weighted by Crippen LogP contribution is 2.30. The standard InChI is InChI=1S/C15H15O3P/c1-8-4-3-5-10(6-8)15(18)11-7-12(19)14(17)9(2)13(11)16/h3-7,16-17H,19H2,1-2H3. The summed E-state index contributed by atoms with van der Waals surface area (Å²) < 4.78 is 0. The molecule has 1 atom stereocenters. The van der Waals surface area contributed by atoms with Crippen LogP contribution in [0.3, 0.4) is 0 Å². The summed E-state index contributed by atoms with van der Waals surface area (Å²) in [6, 6.07) is 8.66. The molecule has 0 aromatic heterocycles. The van der Waals surface area contributed by atoms with Gasteiger partial charge in [0.1, 0.15) is 11.5 Å². The fraction of sp³-hybridized carbons (Fsp3) is 0.133. The molecule has 0 amide bonds. The van der Waals surface area contributed by atoms with Crippen molar-refractivity contribution in [2.24, 2.45) is 0 Å². The second-order valence-electron chi connectivity index (χ2n) is 4.53. The molecular formula is C15H15O3P. The van der Waals surface area contributed by atoms with Gasteiger partial charge in [0, 0.05) is 16.4 Å². The SMILES string of the molecule is Cc1cccc(C(=O)c2cc(P)c(O)c(C)c2O)c1. The highest BCUT2D eigenvalue weighted by atomic mass is 31.0. The molecule has 1 unspecified atom stereocenters. The number of carbonyl (C=O) groups excluding carboxylic acids is 1. The topological polar surface area (TPSA) is 57.5 Å². The molecule has 0 saturated carbocycles. The Morgan fingerprint density at radius 2 is 1.79 bits per heavy atom. The van der Waals surface area contributed by atoms with Crippen molar-refractivity contribution in [2.75, 3.05) is 0 Å². The Morgan fingerprint density at radius 1 is 1.11 bits per heavy atom. The normalized spacial score (nSPS) is 10.5. The first-order valence-corrected chi connectivity index (χ1v) is 6.42. The maximum Gasteiger partial charge on any atom is 0.196 e. The first-order chi connectivity index (χ1) is 8.91. The number of phenols is 2. The lowest BCUT2D eigenvalue weighted by atomic mass is 9.98. The number of hydrogen-bond donors (Lipinski definition) is 2. The second-order valence-corrected chi connectivity index (χ2v) is 5.16. The van der Waals surface area contributed by atoms with Crippen molar-refractivity contribution >= 4 is 20.3 Å². The van der Waals surface area contributed by atoms with E-state index in [4.69, 9.17) is 0 Å². The summed E-state index contributed by atoms with van der Waals surface area (Å²) in [6.07, 6.45) is 0. The molecule has 0 saturated heterocycles. The molecule has 98 valence electrons. The maximum absolute atomic E-state index is 12.4. The van der Waals surface area contributed by atoms with Gasteiger partial charge in [-0.3, -0.25) is 4.79 Å². The van der Waals surface area contributed by atoms with Crippen LogP contribution in [0, 0.1) is 13.8 Å². The van der Waals surface area contributed by atoms with Crippen LogP contribution >= 0.6 is 9.24 Å². The van der Waals surface area contributed by atoms with E-state index in [0.717, 1.165) is 5.56 Å². The lowest BCUT2D eigenvalue weighted by Crippen LogP contribution is -2.07. The number of rotatable bonds is 2. The van der Waals surface area contributed by atoms with E-state index >= 15 is 0 Å². The summed E-state index contributed by atoms with van der Waals surface area (Å²) in [5.41, 5.74) is 2.01. The Balaban J connectivity index is 2.57. The average Bonchev–Trinajstić information content (AvgIpc) is 2.40. The molecule has 2 rings (SSSR count). The van der Waals surface area contributed by atoms with Crippen molar-refractivity contribution in [3.05, 3.63) is 52.6 Å². The smallest absolute Gasteiger partial charge is 0.196 e. The molecule has 3 nitrogen and oxygen atoms in total. The average molecular weight is 274 g/mol. The number of aromatic hydroxyl groups is 2. The van der Waals surface area contributed by atoms with Gasteiger partial charge in [0.25, 0.3) is 0 Å². The van der Waals surface area contributed by atoms with Gasteiger partial charge in [-0.2, -0.15) is 0 Å². The van der Waals surface area contributed by atoms with E-state index in [-0.39, 0.29) is 22.8 Å². The molecule has 2 N–H and O–H groups in total. The summed E-state index contributed by atoms with van der Waals surface area (Å²) in [7, 11) is 2.36. The van der Waals surface area contributed by atoms with Crippen molar-refractivity contribution < 1.29 is 15.0 Å². The van der Waals surface area contributed by atoms with Crippen molar-refractivity contribution in [3.63, 3.8) is 0 Å². The number of ketones is 1. The van der Waals surface area contributed by atoms with Gasteiger partial charge in [-0.15, -0.1) is 9.24 Å². The zero-order chi connectivity index (χ0) is 14.2. The van der Waals surface area contributed by atoms with Crippen LogP contribution in [0.2, 0.25) is 0 Å². The van der Waals surface area contributed by atoms with Gasteiger partial charge in [-0.25, -0.2) is 0 Å². The quantitative estimate of drug-likeness (QED) is 0.653. The second kappa shape index (κ2) is 5.02. The highest BCUT2D eigenvalue weighted by molar-refractivity contribution is 7.27. The number of phenolic OH excluding ortho intramolecular Hbond substituents is 2. The molecule has 2 aromatic rings. The van der Waals surface area contributed by atoms with E-state index in [2.05, 4.69) is 9.24 Å². The molecular weight excluding hydrogens is 259 g/mol. The van der Waals surface area contributed by atoms with E-state index in [1.165, 1.54) is 6.07 Å². The molecule has 0 bridgehead atoms. The van der Waals surface area contributed by atoms with Crippen LogP contribution in [0.4, 0.5) is 0 Å². The third-order valence-corrected chi connectivity index (χ3v) is 3.50. The molecule has 4 heteroatoms. The molecule has 0 aliphatic carbocycles. The summed E-state index contributed by atoms with van der Waals surface area (Å²) in [5, 5.41) is 20.2. The lowest BCUT2D eigenvalue weighted by molar-refractivity contribution is 0.103. The van der Waals surface area contributed by atoms with Gasteiger partial charge in [0.2, 0.25) is 0 Å². The zero-order valence-corrected chi connectivity index (χ0v) is 11.9. The van der Waals surface area contributed by atoms with E-state index in [9.17, 15) is 15.0 Å². The number of benzene rings is 2. The van der Waals surface area contributed by atoms with E-state index in [1.54, 1.807) is 25.1 Å². The Bertz CT molecular complexity index is 663. The molecule has 19 heavy (non-hydrogen) atoms. The highest BCUT2D eigenvalue weighted by Gasteiger charge is 2.18. The Labute approximate surface area is 114 Å². The van der Waals surface area contributed by atoms with Crippen LogP contribution < -0.4 is 5.30 Å². The van der Waals surface area contributed by atoms with Gasteiger partial charge in [0.05, 0.1) is 5.56 Å². The largest absolute Gasteiger partial charge is 0.507 e. The van der Waals surface area contributed by atoms with Crippen LogP contribution in [-0.2, 0) is 0 Å². The third-order valence-electron chi connectivity index (χ3n) is 3.06. The number of aryl methyl sites for hydroxylation is 1. The maximum atomic E-state index is 12.4. The zero-order valence-electron chi connectivity index (χ0n) is 10.8. The molecule has 0 aliphatic heterocycles. The van der Waals surface area contributed by atoms with Gasteiger partial charge in [-0.05, 0) is 26.0 Å². The van der Waals surface area contributed by atoms with Gasteiger partial charge in [0.15, 0.2) is 5.78 Å². The van der Waals surface area contributed by atoms with Crippen molar-refractivity contribution in [3.8, 4) is 11.5 Å².